The third-order valence-corrected chi connectivity index (χ3v) is 5.53. The van der Waals surface area contributed by atoms with Gasteiger partial charge in [0.05, 0.1) is 23.9 Å². The van der Waals surface area contributed by atoms with Crippen LogP contribution in [0.15, 0.2) is 35.4 Å². The Hall–Kier alpha value is -3.81. The first-order valence-corrected chi connectivity index (χ1v) is 11.3. The summed E-state index contributed by atoms with van der Waals surface area (Å²) in [7, 11) is -2.32. The van der Waals surface area contributed by atoms with Crippen LogP contribution in [-0.2, 0) is 16.0 Å². The number of nitrogens with zero attached hydrogens (tertiary/aromatic N) is 4. The number of ether oxygens (including phenoxy) is 2. The monoisotopic (exact) mass is 497 g/mol. The van der Waals surface area contributed by atoms with Gasteiger partial charge in [-0.25, -0.2) is 18.4 Å². The minimum Gasteiger partial charge on any atom is -0.477 e. The number of nitrogens with one attached hydrogen (secondary N) is 1. The molecule has 0 bridgehead atoms. The number of alkyl halides is 3. The fourth-order valence-corrected chi connectivity index (χ4v) is 3.51. The molecule has 0 unspecified atom stereocenters. The van der Waals surface area contributed by atoms with E-state index in [0.717, 1.165) is 19.2 Å². The normalized spacial score (nSPS) is 11.7. The molecular formula is C20H18F3N5O5S. The summed E-state index contributed by atoms with van der Waals surface area (Å²) in [6.07, 6.45) is -2.61. The van der Waals surface area contributed by atoms with Crippen LogP contribution < -0.4 is 14.8 Å². The number of amides is 1. The highest BCUT2D eigenvalue weighted by molar-refractivity contribution is 7.90. The highest BCUT2D eigenvalue weighted by atomic mass is 32.2. The molecule has 1 aromatic carbocycles. The van der Waals surface area contributed by atoms with Crippen LogP contribution in [0, 0.1) is 13.8 Å². The number of halogens is 3. The maximum Gasteiger partial charge on any atom is 0.435 e. The molecule has 34 heavy (non-hydrogen) atoms. The number of anilines is 1. The zero-order valence-corrected chi connectivity index (χ0v) is 19.1. The fraction of sp³-hybridized carbons (Fsp3) is 0.250. The van der Waals surface area contributed by atoms with Crippen LogP contribution in [-0.4, -0.2) is 47.9 Å². The standard InChI is InChI=1S/C20H18F3N5O5S/c1-10-9-24-18(19(25-10)32-3)33-17-14(11(2)15(27-28-17)20(21,22)23)16(29)26-12-6-5-7-13(8-12)34(4,30)31/h5-9H,1-4H3,(H,26,29). The smallest absolute Gasteiger partial charge is 0.435 e. The Balaban J connectivity index is 2.09. The van der Waals surface area contributed by atoms with Gasteiger partial charge >= 0.3 is 6.18 Å². The van der Waals surface area contributed by atoms with Gasteiger partial charge in [0, 0.05) is 11.9 Å². The summed E-state index contributed by atoms with van der Waals surface area (Å²) < 4.78 is 74.4. The molecule has 2 heterocycles. The number of sulfone groups is 1. The molecule has 180 valence electrons. The Kier molecular flexibility index (Phi) is 6.72. The van der Waals surface area contributed by atoms with Gasteiger partial charge in [-0.2, -0.15) is 13.2 Å². The second-order valence-electron chi connectivity index (χ2n) is 7.03. The number of aromatic nitrogens is 4. The molecule has 10 nitrogen and oxygen atoms in total. The maximum atomic E-state index is 13.4. The third kappa shape index (κ3) is 5.39. The second-order valence-corrected chi connectivity index (χ2v) is 9.05. The Morgan fingerprint density at radius 1 is 1.09 bits per heavy atom. The average Bonchev–Trinajstić information content (AvgIpc) is 2.73. The van der Waals surface area contributed by atoms with Gasteiger partial charge in [0.2, 0.25) is 0 Å². The van der Waals surface area contributed by atoms with Crippen LogP contribution in [0.25, 0.3) is 0 Å². The Labute approximate surface area is 192 Å². The highest BCUT2D eigenvalue weighted by Gasteiger charge is 2.38. The SMILES string of the molecule is COc1nc(C)cnc1Oc1nnc(C(F)(F)F)c(C)c1C(=O)Nc1cccc(S(C)(=O)=O)c1. The Bertz CT molecular complexity index is 1360. The van der Waals surface area contributed by atoms with Gasteiger partial charge in [0.25, 0.3) is 23.5 Å². The molecule has 0 atom stereocenters. The molecule has 14 heteroatoms. The molecule has 0 fully saturated rings. The lowest BCUT2D eigenvalue weighted by atomic mass is 10.1. The molecule has 1 amide bonds. The van der Waals surface area contributed by atoms with Crippen LogP contribution in [0.1, 0.15) is 27.3 Å². The largest absolute Gasteiger partial charge is 0.477 e. The van der Waals surface area contributed by atoms with Crippen LogP contribution in [0.4, 0.5) is 18.9 Å². The zero-order valence-electron chi connectivity index (χ0n) is 18.3. The quantitative estimate of drug-likeness (QED) is 0.544. The van der Waals surface area contributed by atoms with Crippen LogP contribution in [0.5, 0.6) is 17.6 Å². The van der Waals surface area contributed by atoms with E-state index >= 15 is 0 Å². The van der Waals surface area contributed by atoms with Gasteiger partial charge in [-0.3, -0.25) is 4.79 Å². The lowest BCUT2D eigenvalue weighted by Gasteiger charge is -2.16. The Morgan fingerprint density at radius 3 is 2.41 bits per heavy atom. The first kappa shape index (κ1) is 24.8. The van der Waals surface area contributed by atoms with Gasteiger partial charge in [-0.15, -0.1) is 10.2 Å². The predicted octanol–water partition coefficient (Wildman–Crippen LogP) is 3.36. The summed E-state index contributed by atoms with van der Waals surface area (Å²) in [5, 5.41) is 8.98. The summed E-state index contributed by atoms with van der Waals surface area (Å²) in [4.78, 5) is 21.0. The summed E-state index contributed by atoms with van der Waals surface area (Å²) >= 11 is 0. The molecule has 0 spiro atoms. The van der Waals surface area contributed by atoms with E-state index in [1.54, 1.807) is 6.92 Å². The molecular weight excluding hydrogens is 479 g/mol. The zero-order chi connectivity index (χ0) is 25.3. The van der Waals surface area contributed by atoms with Crippen molar-refractivity contribution in [2.75, 3.05) is 18.7 Å². The summed E-state index contributed by atoms with van der Waals surface area (Å²) in [6.45, 7) is 2.66. The first-order valence-electron chi connectivity index (χ1n) is 9.42. The average molecular weight is 497 g/mol. The third-order valence-electron chi connectivity index (χ3n) is 4.42. The summed E-state index contributed by atoms with van der Waals surface area (Å²) in [5.74, 6) is -1.97. The van der Waals surface area contributed by atoms with E-state index < -0.39 is 44.6 Å². The molecule has 0 aliphatic rings. The number of methoxy groups -OCH3 is 1. The fourth-order valence-electron chi connectivity index (χ4n) is 2.84. The van der Waals surface area contributed by atoms with Gasteiger partial charge in [-0.1, -0.05) is 6.07 Å². The number of benzene rings is 1. The highest BCUT2D eigenvalue weighted by Crippen LogP contribution is 2.36. The second kappa shape index (κ2) is 9.21. The molecule has 0 aliphatic heterocycles. The van der Waals surface area contributed by atoms with E-state index in [0.29, 0.717) is 5.69 Å². The maximum absolute atomic E-state index is 13.4. The molecule has 0 saturated heterocycles. The van der Waals surface area contributed by atoms with E-state index in [4.69, 9.17) is 9.47 Å². The van der Waals surface area contributed by atoms with Crippen molar-refractivity contribution in [2.24, 2.45) is 0 Å². The van der Waals surface area contributed by atoms with E-state index in [-0.39, 0.29) is 22.3 Å². The van der Waals surface area contributed by atoms with Crippen molar-refractivity contribution in [1.29, 1.82) is 0 Å². The molecule has 3 aromatic rings. The number of aryl methyl sites for hydroxylation is 1. The number of rotatable bonds is 6. The van der Waals surface area contributed by atoms with Crippen molar-refractivity contribution in [1.82, 2.24) is 20.2 Å². The molecule has 3 rings (SSSR count). The van der Waals surface area contributed by atoms with E-state index in [1.807, 2.05) is 0 Å². The van der Waals surface area contributed by atoms with Crippen molar-refractivity contribution < 1.29 is 35.9 Å². The summed E-state index contributed by atoms with van der Waals surface area (Å²) in [6, 6.07) is 5.21. The van der Waals surface area contributed by atoms with Crippen LogP contribution in [0.3, 0.4) is 0 Å². The van der Waals surface area contributed by atoms with Crippen molar-refractivity contribution in [3.8, 4) is 17.6 Å². The summed E-state index contributed by atoms with van der Waals surface area (Å²) in [5.41, 5.74) is -2.04. The van der Waals surface area contributed by atoms with Crippen molar-refractivity contribution in [3.05, 3.63) is 53.0 Å². The van der Waals surface area contributed by atoms with Crippen molar-refractivity contribution in [3.63, 3.8) is 0 Å². The molecule has 0 aliphatic carbocycles. The predicted molar refractivity (Wildman–Crippen MR) is 113 cm³/mol. The van der Waals surface area contributed by atoms with Gasteiger partial charge in [0.15, 0.2) is 15.5 Å². The lowest BCUT2D eigenvalue weighted by molar-refractivity contribution is -0.142. The topological polar surface area (TPSA) is 133 Å². The van der Waals surface area contributed by atoms with E-state index in [2.05, 4.69) is 25.5 Å². The van der Waals surface area contributed by atoms with Gasteiger partial charge in [0.1, 0.15) is 5.56 Å². The number of carbonyl (C=O) groups is 1. The number of carbonyl (C=O) groups excluding carboxylic acids is 1. The van der Waals surface area contributed by atoms with Crippen molar-refractivity contribution in [2.45, 2.75) is 24.9 Å². The van der Waals surface area contributed by atoms with E-state index in [1.165, 1.54) is 31.5 Å². The lowest BCUT2D eigenvalue weighted by Crippen LogP contribution is -2.21. The van der Waals surface area contributed by atoms with Crippen LogP contribution >= 0.6 is 0 Å². The van der Waals surface area contributed by atoms with Gasteiger partial charge in [-0.05, 0) is 37.6 Å². The minimum absolute atomic E-state index is 0.0244. The Morgan fingerprint density at radius 2 is 1.79 bits per heavy atom. The van der Waals surface area contributed by atoms with Crippen LogP contribution in [0.2, 0.25) is 0 Å². The number of hydrogen-bond acceptors (Lipinski definition) is 9. The van der Waals surface area contributed by atoms with E-state index in [9.17, 15) is 26.4 Å². The molecule has 0 radical (unpaired) electrons. The molecule has 2 aromatic heterocycles. The molecule has 0 saturated carbocycles. The number of hydrogen-bond donors (Lipinski definition) is 1. The van der Waals surface area contributed by atoms with Gasteiger partial charge < -0.3 is 14.8 Å². The molecule has 1 N–H and O–H groups in total. The first-order chi connectivity index (χ1) is 15.8. The minimum atomic E-state index is -4.90. The van der Waals surface area contributed by atoms with Crippen molar-refractivity contribution >= 4 is 21.4 Å².